The van der Waals surface area contributed by atoms with Crippen LogP contribution in [0.1, 0.15) is 16.7 Å². The molecule has 4 aromatic rings. The van der Waals surface area contributed by atoms with Gasteiger partial charge in [0.25, 0.3) is 5.91 Å². The number of benzene rings is 3. The quantitative estimate of drug-likeness (QED) is 0.185. The van der Waals surface area contributed by atoms with Crippen LogP contribution in [0.2, 0.25) is 10.0 Å². The number of carbonyl (C=O) groups is 1. The Morgan fingerprint density at radius 2 is 1.59 bits per heavy atom. The number of hydrazone groups is 1. The second-order valence-electron chi connectivity index (χ2n) is 7.56. The van der Waals surface area contributed by atoms with Crippen molar-refractivity contribution in [2.24, 2.45) is 5.10 Å². The number of nitrogens with one attached hydrogen (secondary N) is 1. The van der Waals surface area contributed by atoms with E-state index in [2.05, 4.69) is 20.7 Å². The van der Waals surface area contributed by atoms with E-state index < -0.39 is 0 Å². The van der Waals surface area contributed by atoms with Crippen LogP contribution < -0.4 is 5.43 Å². The third-order valence-corrected chi connectivity index (χ3v) is 6.54. The molecule has 0 radical (unpaired) electrons. The van der Waals surface area contributed by atoms with Gasteiger partial charge in [0, 0.05) is 16.8 Å². The van der Waals surface area contributed by atoms with Crippen molar-refractivity contribution in [1.82, 2.24) is 20.2 Å². The number of amides is 1. The number of nitrogens with zero attached hydrogens (tertiary/aromatic N) is 4. The van der Waals surface area contributed by atoms with Gasteiger partial charge in [-0.3, -0.25) is 9.36 Å². The van der Waals surface area contributed by atoms with Crippen molar-refractivity contribution in [2.45, 2.75) is 19.0 Å². The molecule has 1 heterocycles. The van der Waals surface area contributed by atoms with Gasteiger partial charge in [-0.05, 0) is 38.1 Å². The molecular weight excluding hydrogens is 489 g/mol. The van der Waals surface area contributed by atoms with Crippen LogP contribution in [0.5, 0.6) is 0 Å². The van der Waals surface area contributed by atoms with Gasteiger partial charge in [0.2, 0.25) is 0 Å². The predicted molar refractivity (Wildman–Crippen MR) is 139 cm³/mol. The van der Waals surface area contributed by atoms with Crippen molar-refractivity contribution in [3.63, 3.8) is 0 Å². The molecular formula is C25H21Cl2N5OS. The summed E-state index contributed by atoms with van der Waals surface area (Å²) in [5, 5.41) is 14.3. The molecule has 1 aromatic heterocycles. The number of carbonyl (C=O) groups excluding carboxylic acids is 1. The van der Waals surface area contributed by atoms with Crippen molar-refractivity contribution in [1.29, 1.82) is 0 Å². The summed E-state index contributed by atoms with van der Waals surface area (Å²) in [6.45, 7) is 4.07. The lowest BCUT2D eigenvalue weighted by atomic mass is 10.1. The molecule has 0 aliphatic heterocycles. The van der Waals surface area contributed by atoms with Gasteiger partial charge in [-0.25, -0.2) is 5.43 Å². The van der Waals surface area contributed by atoms with Crippen molar-refractivity contribution in [3.05, 3.63) is 93.5 Å². The van der Waals surface area contributed by atoms with E-state index in [0.29, 0.717) is 26.6 Å². The standard InChI is InChI=1S/C25H21Cl2N5OS/c1-16-6-10-18(11-7-16)24-30-31-25(32(24)19-12-8-17(2)9-13-19)34-15-23(33)29-28-14-20-21(26)4-3-5-22(20)27/h3-14H,15H2,1-2H3,(H,29,33)/b28-14-. The minimum absolute atomic E-state index is 0.103. The summed E-state index contributed by atoms with van der Waals surface area (Å²) in [5.74, 6) is 0.517. The highest BCUT2D eigenvalue weighted by molar-refractivity contribution is 7.99. The zero-order valence-electron chi connectivity index (χ0n) is 18.5. The van der Waals surface area contributed by atoms with E-state index in [0.717, 1.165) is 22.4 Å². The number of hydrogen-bond donors (Lipinski definition) is 1. The molecule has 34 heavy (non-hydrogen) atoms. The number of aryl methyl sites for hydroxylation is 2. The van der Waals surface area contributed by atoms with Gasteiger partial charge >= 0.3 is 0 Å². The topological polar surface area (TPSA) is 72.2 Å². The molecule has 0 atom stereocenters. The Kier molecular flexibility index (Phi) is 7.67. The number of aromatic nitrogens is 3. The van der Waals surface area contributed by atoms with Crippen LogP contribution in [0, 0.1) is 13.8 Å². The monoisotopic (exact) mass is 509 g/mol. The summed E-state index contributed by atoms with van der Waals surface area (Å²) in [4.78, 5) is 12.4. The summed E-state index contributed by atoms with van der Waals surface area (Å²) < 4.78 is 1.95. The molecule has 0 saturated carbocycles. The Labute approximate surface area is 212 Å². The van der Waals surface area contributed by atoms with Gasteiger partial charge in [-0.1, -0.05) is 88.6 Å². The minimum atomic E-state index is -0.292. The van der Waals surface area contributed by atoms with Gasteiger partial charge in [0.05, 0.1) is 22.0 Å². The van der Waals surface area contributed by atoms with Crippen LogP contribution in [0.25, 0.3) is 17.1 Å². The molecule has 0 bridgehead atoms. The van der Waals surface area contributed by atoms with Crippen LogP contribution >= 0.6 is 35.0 Å². The average Bonchev–Trinajstić information content (AvgIpc) is 3.24. The van der Waals surface area contributed by atoms with Crippen LogP contribution in [0.4, 0.5) is 0 Å². The zero-order valence-corrected chi connectivity index (χ0v) is 20.8. The van der Waals surface area contributed by atoms with Crippen LogP contribution in [-0.2, 0) is 4.79 Å². The van der Waals surface area contributed by atoms with Gasteiger partial charge in [-0.15, -0.1) is 10.2 Å². The van der Waals surface area contributed by atoms with Crippen LogP contribution in [0.15, 0.2) is 77.0 Å². The Hall–Kier alpha value is -3.13. The van der Waals surface area contributed by atoms with Crippen molar-refractivity contribution >= 4 is 47.1 Å². The smallest absolute Gasteiger partial charge is 0.250 e. The third kappa shape index (κ3) is 5.67. The molecule has 0 saturated heterocycles. The summed E-state index contributed by atoms with van der Waals surface area (Å²) in [6, 6.07) is 21.3. The Morgan fingerprint density at radius 1 is 0.971 bits per heavy atom. The largest absolute Gasteiger partial charge is 0.272 e. The van der Waals surface area contributed by atoms with E-state index in [4.69, 9.17) is 23.2 Å². The SMILES string of the molecule is Cc1ccc(-c2nnc(SCC(=O)N/N=C\c3c(Cl)cccc3Cl)n2-c2ccc(C)cc2)cc1. The molecule has 0 aliphatic carbocycles. The number of thioether (sulfide) groups is 1. The van der Waals surface area contributed by atoms with E-state index in [1.165, 1.54) is 18.0 Å². The normalized spacial score (nSPS) is 11.2. The fraction of sp³-hybridized carbons (Fsp3) is 0.120. The zero-order chi connectivity index (χ0) is 24.1. The van der Waals surface area contributed by atoms with Crippen LogP contribution in [-0.4, -0.2) is 32.6 Å². The van der Waals surface area contributed by atoms with Gasteiger partial charge < -0.3 is 0 Å². The van der Waals surface area contributed by atoms with Crippen molar-refractivity contribution in [3.8, 4) is 17.1 Å². The van der Waals surface area contributed by atoms with E-state index in [9.17, 15) is 4.79 Å². The van der Waals surface area contributed by atoms with Gasteiger partial charge in [-0.2, -0.15) is 5.10 Å². The van der Waals surface area contributed by atoms with E-state index in [-0.39, 0.29) is 11.7 Å². The Morgan fingerprint density at radius 3 is 2.24 bits per heavy atom. The maximum atomic E-state index is 12.4. The lowest BCUT2D eigenvalue weighted by Crippen LogP contribution is -2.20. The molecule has 0 aliphatic rings. The lowest BCUT2D eigenvalue weighted by molar-refractivity contribution is -0.118. The molecule has 172 valence electrons. The van der Waals surface area contributed by atoms with E-state index in [1.807, 2.05) is 66.9 Å². The first kappa shape index (κ1) is 24.0. The number of halogens is 2. The molecule has 4 rings (SSSR count). The molecule has 3 aromatic carbocycles. The molecule has 9 heteroatoms. The lowest BCUT2D eigenvalue weighted by Gasteiger charge is -2.11. The summed E-state index contributed by atoms with van der Waals surface area (Å²) in [5.41, 5.74) is 7.22. The molecule has 0 spiro atoms. The average molecular weight is 510 g/mol. The fourth-order valence-corrected chi connectivity index (χ4v) is 4.38. The predicted octanol–water partition coefficient (Wildman–Crippen LogP) is 6.10. The summed E-state index contributed by atoms with van der Waals surface area (Å²) in [7, 11) is 0. The Bertz CT molecular complexity index is 1310. The molecule has 0 fully saturated rings. The third-order valence-electron chi connectivity index (χ3n) is 4.95. The first-order valence-corrected chi connectivity index (χ1v) is 12.1. The van der Waals surface area contributed by atoms with E-state index in [1.54, 1.807) is 18.2 Å². The van der Waals surface area contributed by atoms with E-state index >= 15 is 0 Å². The maximum absolute atomic E-state index is 12.4. The highest BCUT2D eigenvalue weighted by atomic mass is 35.5. The van der Waals surface area contributed by atoms with Crippen molar-refractivity contribution in [2.75, 3.05) is 5.75 Å². The van der Waals surface area contributed by atoms with Gasteiger partial charge in [0.1, 0.15) is 0 Å². The second-order valence-corrected chi connectivity index (χ2v) is 9.32. The number of rotatable bonds is 7. The first-order valence-electron chi connectivity index (χ1n) is 10.4. The van der Waals surface area contributed by atoms with Crippen molar-refractivity contribution < 1.29 is 4.79 Å². The van der Waals surface area contributed by atoms with Gasteiger partial charge in [0.15, 0.2) is 11.0 Å². The Balaban J connectivity index is 1.52. The molecule has 1 amide bonds. The molecule has 1 N–H and O–H groups in total. The fourth-order valence-electron chi connectivity index (χ4n) is 3.14. The molecule has 0 unspecified atom stereocenters. The summed E-state index contributed by atoms with van der Waals surface area (Å²) in [6.07, 6.45) is 1.43. The maximum Gasteiger partial charge on any atom is 0.250 e. The van der Waals surface area contributed by atoms with Crippen LogP contribution in [0.3, 0.4) is 0 Å². The second kappa shape index (κ2) is 10.9. The summed E-state index contributed by atoms with van der Waals surface area (Å²) >= 11 is 13.5. The highest BCUT2D eigenvalue weighted by Gasteiger charge is 2.17. The first-order chi connectivity index (χ1) is 16.4. The highest BCUT2D eigenvalue weighted by Crippen LogP contribution is 2.28. The number of hydrogen-bond acceptors (Lipinski definition) is 5. The molecule has 6 nitrogen and oxygen atoms in total. The minimum Gasteiger partial charge on any atom is -0.272 e.